The third kappa shape index (κ3) is 15.2. The Balaban J connectivity index is 0.000000150. The predicted octanol–water partition coefficient (Wildman–Crippen LogP) is 15.6. The number of likely N-dealkylation sites (N-methyl/N-ethyl adjacent to an activating group) is 1. The molecule has 6 N–H and O–H groups in total. The minimum absolute atomic E-state index is 0.0333. The highest BCUT2D eigenvalue weighted by Gasteiger charge is 2.29. The molecule has 1 aliphatic heterocycles. The Labute approximate surface area is 618 Å². The van der Waals surface area contributed by atoms with Gasteiger partial charge in [0, 0.05) is 143 Å². The smallest absolute Gasteiger partial charge is 0.341 e. The van der Waals surface area contributed by atoms with Gasteiger partial charge in [0.2, 0.25) is 0 Å². The zero-order valence-electron chi connectivity index (χ0n) is 57.8. The van der Waals surface area contributed by atoms with Crippen LogP contribution in [0.5, 0.6) is 34.5 Å². The number of H-pyrrole nitrogens is 2. The number of halogens is 3. The lowest BCUT2D eigenvalue weighted by molar-refractivity contribution is 0.0595. The van der Waals surface area contributed by atoms with E-state index in [2.05, 4.69) is 48.8 Å². The van der Waals surface area contributed by atoms with E-state index in [0.717, 1.165) is 91.5 Å². The first kappa shape index (κ1) is 73.3. The second-order valence-electron chi connectivity index (χ2n) is 24.8. The molecule has 1 fully saturated rings. The van der Waals surface area contributed by atoms with Crippen molar-refractivity contribution < 1.29 is 62.2 Å². The molecule has 26 heteroatoms. The fourth-order valence-electron chi connectivity index (χ4n) is 12.4. The first-order valence-corrected chi connectivity index (χ1v) is 35.3. The number of pyridine rings is 3. The number of esters is 1. The number of hydrogen-bond donors (Lipinski definition) is 6. The maximum absolute atomic E-state index is 13.7. The topological polar surface area (TPSA) is 288 Å². The number of ether oxygens (including phenoxy) is 4. The highest BCUT2D eigenvalue weighted by atomic mass is 35.5. The highest BCUT2D eigenvalue weighted by molar-refractivity contribution is 7.90. The monoisotopic (exact) mass is 1490 g/mol. The van der Waals surface area contributed by atoms with Crippen LogP contribution in [0.4, 0.5) is 0 Å². The molecule has 536 valence electrons. The van der Waals surface area contributed by atoms with E-state index in [4.69, 9.17) is 53.8 Å². The summed E-state index contributed by atoms with van der Waals surface area (Å²) in [6.07, 6.45) is 10.1. The van der Waals surface area contributed by atoms with Crippen LogP contribution in [0, 0.1) is 6.92 Å². The lowest BCUT2D eigenvalue weighted by Gasteiger charge is -2.35. The quantitative estimate of drug-likeness (QED) is 0.0462. The van der Waals surface area contributed by atoms with Crippen molar-refractivity contribution in [3.63, 3.8) is 0 Å². The SMILES string of the molecule is COC(=O)c1cc(-c2cnc3c(c2)c(-c2ccccc2OC)cn3S(=O)(=O)c2ccc(C)cc2)cc(Cl)c1O.COc1ccccc1-c1c[nH]c2ncc(-c3cc(Cl)c(O)c(C(=O)N4CCN(CCN(C)C)CC4)c3)cc12.COc1ccccc1-c1c[nH]c2ncc(-c3cc(Cl)c(O)c(C(=O)O)c3)cc12. The number of phenols is 3. The Kier molecular flexibility index (Phi) is 21.8. The number of aromatic carboxylic acids is 1. The molecule has 7 heterocycles. The molecule has 0 saturated carbocycles. The average molecular weight is 1490 g/mol. The first-order chi connectivity index (χ1) is 50.5. The number of carboxylic acid groups (broad SMARTS) is 1. The van der Waals surface area contributed by atoms with Crippen LogP contribution in [-0.4, -0.2) is 172 Å². The second kappa shape index (κ2) is 31.3. The van der Waals surface area contributed by atoms with Crippen molar-refractivity contribution in [3.8, 4) is 101 Å². The fraction of sp³-hybridized carbons (Fsp3) is 0.165. The van der Waals surface area contributed by atoms with Gasteiger partial charge in [-0.1, -0.05) is 107 Å². The van der Waals surface area contributed by atoms with Crippen LogP contribution in [-0.2, 0) is 14.8 Å². The third-order valence-electron chi connectivity index (χ3n) is 18.0. The number of para-hydroxylation sites is 3. The number of hydrogen-bond acceptors (Lipinski definition) is 17. The fourth-order valence-corrected chi connectivity index (χ4v) is 14.4. The lowest BCUT2D eigenvalue weighted by atomic mass is 9.99. The zero-order valence-corrected chi connectivity index (χ0v) is 60.9. The summed E-state index contributed by atoms with van der Waals surface area (Å²) in [6.45, 7) is 6.63. The molecule has 1 aliphatic rings. The summed E-state index contributed by atoms with van der Waals surface area (Å²) in [5.74, 6) is -1.23. The van der Waals surface area contributed by atoms with Gasteiger partial charge in [0.05, 0.1) is 54.0 Å². The average Bonchev–Trinajstić information content (AvgIpc) is 1.60. The van der Waals surface area contributed by atoms with E-state index in [0.29, 0.717) is 68.8 Å². The number of nitrogens with one attached hydrogen (secondary N) is 2. The molecule has 0 radical (unpaired) electrons. The van der Waals surface area contributed by atoms with Gasteiger partial charge < -0.3 is 59.1 Å². The number of benzene rings is 7. The van der Waals surface area contributed by atoms with E-state index >= 15 is 0 Å². The minimum Gasteiger partial charge on any atom is -0.506 e. The molecule has 6 aromatic heterocycles. The number of carbonyl (C=O) groups excluding carboxylic acids is 2. The molecule has 105 heavy (non-hydrogen) atoms. The molecular formula is C79H70Cl3N9O13S. The lowest BCUT2D eigenvalue weighted by Crippen LogP contribution is -2.50. The molecular weight excluding hydrogens is 1420 g/mol. The standard InChI is InChI=1S/C29H32ClN5O3.C29H23ClN2O6S.C21H15ClN2O4/c1-33(2)8-9-34-10-12-35(13-11-34)29(37)23-14-19(16-25(30)27(23)36)20-15-22-24(18-32-28(22)31-17-20)21-6-4-5-7-26(21)38-3;1-17-8-10-20(11-9-17)39(35,36)32-16-24(21-6-4-5-7-26(21)37-2)22-13-19(15-31-28(22)32)18-12-23(29(34)38-3)27(33)25(30)14-18;1-28-18-5-3-2-4-13(18)16-10-24-20-14(16)7-12(9-23-20)11-6-15(21(26)27)19(25)17(22)8-11/h4-7,14-18,36H,8-13H2,1-3H3,(H,31,32);4-16,33H,1-3H3;2-10,25H,1H3,(H,23,24)(H,26,27). The van der Waals surface area contributed by atoms with Gasteiger partial charge in [0.1, 0.15) is 56.9 Å². The first-order valence-electron chi connectivity index (χ1n) is 32.7. The summed E-state index contributed by atoms with van der Waals surface area (Å²) in [5.41, 5.74) is 11.1. The number of aromatic hydroxyl groups is 3. The van der Waals surface area contributed by atoms with E-state index in [-0.39, 0.29) is 54.0 Å². The third-order valence-corrected chi connectivity index (χ3v) is 20.6. The van der Waals surface area contributed by atoms with Crippen molar-refractivity contribution in [1.82, 2.24) is 43.6 Å². The summed E-state index contributed by atoms with van der Waals surface area (Å²) < 4.78 is 50.0. The molecule has 1 saturated heterocycles. The molecule has 0 atom stereocenters. The number of methoxy groups -OCH3 is 4. The number of aromatic amines is 2. The maximum atomic E-state index is 13.7. The van der Waals surface area contributed by atoms with Crippen molar-refractivity contribution >= 4 is 95.8 Å². The van der Waals surface area contributed by atoms with Crippen LogP contribution >= 0.6 is 34.8 Å². The van der Waals surface area contributed by atoms with E-state index in [1.54, 1.807) is 80.0 Å². The van der Waals surface area contributed by atoms with Gasteiger partial charge in [-0.25, -0.2) is 36.9 Å². The molecule has 14 rings (SSSR count). The number of amides is 1. The van der Waals surface area contributed by atoms with Gasteiger partial charge in [-0.05, 0) is 123 Å². The van der Waals surface area contributed by atoms with E-state index in [1.165, 1.54) is 50.9 Å². The number of phenolic OH excluding ortho intramolecular Hbond substituents is 2. The summed E-state index contributed by atoms with van der Waals surface area (Å²) in [4.78, 5) is 63.4. The highest BCUT2D eigenvalue weighted by Crippen LogP contribution is 2.44. The molecule has 7 aromatic carbocycles. The van der Waals surface area contributed by atoms with Crippen molar-refractivity contribution in [2.75, 3.05) is 81.8 Å². The van der Waals surface area contributed by atoms with Gasteiger partial charge in [-0.2, -0.15) is 0 Å². The number of piperazine rings is 1. The van der Waals surface area contributed by atoms with Gasteiger partial charge in [-0.15, -0.1) is 0 Å². The van der Waals surface area contributed by atoms with Crippen LogP contribution in [0.25, 0.3) is 99.9 Å². The number of carboxylic acids is 1. The van der Waals surface area contributed by atoms with Crippen LogP contribution < -0.4 is 14.2 Å². The minimum atomic E-state index is -4.00. The van der Waals surface area contributed by atoms with Crippen molar-refractivity contribution in [3.05, 3.63) is 226 Å². The number of nitrogens with zero attached hydrogens (tertiary/aromatic N) is 7. The number of aromatic nitrogens is 6. The second-order valence-corrected chi connectivity index (χ2v) is 27.8. The maximum Gasteiger partial charge on any atom is 0.341 e. The summed E-state index contributed by atoms with van der Waals surface area (Å²) >= 11 is 18.7. The van der Waals surface area contributed by atoms with Crippen LogP contribution in [0.3, 0.4) is 0 Å². The molecule has 22 nitrogen and oxygen atoms in total. The van der Waals surface area contributed by atoms with Crippen molar-refractivity contribution in [1.29, 1.82) is 0 Å². The number of rotatable bonds is 17. The molecule has 13 aromatic rings. The number of fused-ring (bicyclic) bond motifs is 3. The number of carbonyl (C=O) groups is 3. The predicted molar refractivity (Wildman–Crippen MR) is 407 cm³/mol. The summed E-state index contributed by atoms with van der Waals surface area (Å²) in [5, 5.41) is 42.5. The zero-order chi connectivity index (χ0) is 74.5. The van der Waals surface area contributed by atoms with Gasteiger partial charge in [0.25, 0.3) is 15.9 Å². The van der Waals surface area contributed by atoms with E-state index in [1.807, 2.05) is 98.2 Å². The number of aryl methyl sites for hydroxylation is 1. The molecule has 0 aliphatic carbocycles. The Morgan fingerprint density at radius 1 is 0.524 bits per heavy atom. The Hall–Kier alpha value is -11.4. The molecule has 0 spiro atoms. The van der Waals surface area contributed by atoms with Crippen LogP contribution in [0.1, 0.15) is 36.6 Å². The van der Waals surface area contributed by atoms with Crippen molar-refractivity contribution in [2.24, 2.45) is 0 Å². The molecule has 0 unspecified atom stereocenters. The summed E-state index contributed by atoms with van der Waals surface area (Å²) in [7, 11) is 6.12. The Morgan fingerprint density at radius 2 is 0.952 bits per heavy atom. The largest absolute Gasteiger partial charge is 0.506 e. The van der Waals surface area contributed by atoms with Gasteiger partial charge in [0.15, 0.2) is 5.65 Å². The van der Waals surface area contributed by atoms with Crippen molar-refractivity contribution in [2.45, 2.75) is 11.8 Å². The Morgan fingerprint density at radius 3 is 1.42 bits per heavy atom. The van der Waals surface area contributed by atoms with E-state index in [9.17, 15) is 43.2 Å². The van der Waals surface area contributed by atoms with Crippen LogP contribution in [0.15, 0.2) is 194 Å². The van der Waals surface area contributed by atoms with Gasteiger partial charge >= 0.3 is 11.9 Å². The molecule has 0 bridgehead atoms. The van der Waals surface area contributed by atoms with E-state index < -0.39 is 33.5 Å². The van der Waals surface area contributed by atoms with Crippen LogP contribution in [0.2, 0.25) is 15.1 Å². The summed E-state index contributed by atoms with van der Waals surface area (Å²) in [6, 6.07) is 44.2. The van der Waals surface area contributed by atoms with Gasteiger partial charge in [-0.3, -0.25) is 9.69 Å². The Bertz CT molecular complexity index is 5600. The molecule has 1 amide bonds. The normalized spacial score (nSPS) is 12.4.